The van der Waals surface area contributed by atoms with Crippen LogP contribution < -0.4 is 15.0 Å². The van der Waals surface area contributed by atoms with Gasteiger partial charge in [-0.1, -0.05) is 17.7 Å². The first-order valence-corrected chi connectivity index (χ1v) is 10.4. The van der Waals surface area contributed by atoms with E-state index in [4.69, 9.17) is 4.74 Å². The highest BCUT2D eigenvalue weighted by molar-refractivity contribution is 5.90. The zero-order chi connectivity index (χ0) is 21.4. The van der Waals surface area contributed by atoms with Crippen LogP contribution in [0.1, 0.15) is 49.8 Å². The summed E-state index contributed by atoms with van der Waals surface area (Å²) in [7, 11) is 0. The summed E-state index contributed by atoms with van der Waals surface area (Å²) in [6.07, 6.45) is 0.601. The molecule has 7 heteroatoms. The van der Waals surface area contributed by atoms with Crippen LogP contribution in [0.2, 0.25) is 0 Å². The summed E-state index contributed by atoms with van der Waals surface area (Å²) in [5.41, 5.74) is 3.01. The molecule has 1 N–H and O–H groups in total. The summed E-state index contributed by atoms with van der Waals surface area (Å²) in [6, 6.07) is 10.6. The molecule has 3 atom stereocenters. The number of fused-ring (bicyclic) bond motifs is 5. The minimum atomic E-state index is -0.716. The summed E-state index contributed by atoms with van der Waals surface area (Å²) in [6.45, 7) is 8.82. The van der Waals surface area contributed by atoms with Crippen LogP contribution in [0.4, 0.5) is 11.4 Å². The molecule has 2 aromatic carbocycles. The number of carbonyl (C=O) groups is 1. The molecule has 0 saturated carbocycles. The maximum absolute atomic E-state index is 13.3. The summed E-state index contributed by atoms with van der Waals surface area (Å²) >= 11 is 0. The van der Waals surface area contributed by atoms with E-state index in [2.05, 4.69) is 49.2 Å². The number of hydrogen-bond acceptors (Lipinski definition) is 5. The number of nitrogens with zero attached hydrogens (tertiary/aromatic N) is 2. The molecule has 0 radical (unpaired) electrons. The van der Waals surface area contributed by atoms with Crippen molar-refractivity contribution in [1.82, 2.24) is 5.32 Å². The van der Waals surface area contributed by atoms with Crippen LogP contribution >= 0.6 is 0 Å². The van der Waals surface area contributed by atoms with Gasteiger partial charge in [-0.05, 0) is 45.4 Å². The van der Waals surface area contributed by atoms with E-state index >= 15 is 0 Å². The molecule has 3 aliphatic heterocycles. The molecule has 3 aliphatic rings. The highest BCUT2D eigenvalue weighted by Gasteiger charge is 2.70. The van der Waals surface area contributed by atoms with E-state index in [0.717, 1.165) is 16.8 Å². The highest BCUT2D eigenvalue weighted by Crippen LogP contribution is 2.65. The molecule has 1 saturated heterocycles. The van der Waals surface area contributed by atoms with Gasteiger partial charge in [-0.3, -0.25) is 14.9 Å². The predicted molar refractivity (Wildman–Crippen MR) is 113 cm³/mol. The molecule has 30 heavy (non-hydrogen) atoms. The van der Waals surface area contributed by atoms with Crippen LogP contribution in [0, 0.1) is 17.0 Å². The van der Waals surface area contributed by atoms with Gasteiger partial charge in [0.1, 0.15) is 11.8 Å². The molecule has 1 fully saturated rings. The number of non-ortho nitro benzene ring substituents is 1. The van der Waals surface area contributed by atoms with Gasteiger partial charge in [0.2, 0.25) is 5.91 Å². The first-order valence-electron chi connectivity index (χ1n) is 10.4. The van der Waals surface area contributed by atoms with Crippen molar-refractivity contribution in [3.8, 4) is 5.75 Å². The minimum absolute atomic E-state index is 0.0188. The average Bonchev–Trinajstić information content (AvgIpc) is 3.07. The molecule has 2 aromatic rings. The van der Waals surface area contributed by atoms with Gasteiger partial charge in [-0.25, -0.2) is 0 Å². The maximum atomic E-state index is 13.3. The van der Waals surface area contributed by atoms with E-state index in [-0.39, 0.29) is 22.9 Å². The van der Waals surface area contributed by atoms with Crippen LogP contribution in [0.5, 0.6) is 5.75 Å². The molecule has 1 spiro atoms. The standard InChI is InChI=1S/C23H25N3O4/c1-5-24-21(27)20-16-12-23(30-19-9-7-14(26(28)29)11-15(16)19)22(3,4)17-10-13(2)6-8-18(17)25(20)23/h6-11,16,20H,5,12H2,1-4H3,(H,24,27). The Morgan fingerprint density at radius 1 is 1.30 bits per heavy atom. The molecule has 2 bridgehead atoms. The second-order valence-electron chi connectivity index (χ2n) is 9.03. The Morgan fingerprint density at radius 3 is 2.77 bits per heavy atom. The number of nitro benzene ring substituents is 1. The number of hydrogen-bond donors (Lipinski definition) is 1. The van der Waals surface area contributed by atoms with Crippen LogP contribution in [-0.4, -0.2) is 29.1 Å². The summed E-state index contributed by atoms with van der Waals surface area (Å²) in [5.74, 6) is 0.372. The zero-order valence-electron chi connectivity index (χ0n) is 17.6. The molecule has 3 unspecified atom stereocenters. The lowest BCUT2D eigenvalue weighted by molar-refractivity contribution is -0.385. The summed E-state index contributed by atoms with van der Waals surface area (Å²) in [5, 5.41) is 14.4. The normalized spacial score (nSPS) is 27.0. The van der Waals surface area contributed by atoms with Crippen molar-refractivity contribution in [2.75, 3.05) is 11.4 Å². The first-order chi connectivity index (χ1) is 14.2. The number of carbonyl (C=O) groups excluding carboxylic acids is 1. The number of anilines is 1. The Labute approximate surface area is 175 Å². The Hall–Kier alpha value is -3.09. The molecule has 156 valence electrons. The Bertz CT molecular complexity index is 1100. The maximum Gasteiger partial charge on any atom is 0.269 e. The number of nitro groups is 1. The fourth-order valence-corrected chi connectivity index (χ4v) is 5.68. The van der Waals surface area contributed by atoms with Gasteiger partial charge in [-0.2, -0.15) is 0 Å². The van der Waals surface area contributed by atoms with E-state index in [0.29, 0.717) is 18.7 Å². The highest BCUT2D eigenvalue weighted by atomic mass is 16.6. The Balaban J connectivity index is 1.75. The van der Waals surface area contributed by atoms with Crippen LogP contribution in [-0.2, 0) is 10.2 Å². The number of likely N-dealkylation sites (N-methyl/N-ethyl adjacent to an activating group) is 1. The van der Waals surface area contributed by atoms with Gasteiger partial charge in [0.25, 0.3) is 5.69 Å². The van der Waals surface area contributed by atoms with Gasteiger partial charge in [0, 0.05) is 42.3 Å². The van der Waals surface area contributed by atoms with E-state index < -0.39 is 16.7 Å². The third-order valence-corrected chi connectivity index (χ3v) is 7.11. The summed E-state index contributed by atoms with van der Waals surface area (Å²) < 4.78 is 6.69. The van der Waals surface area contributed by atoms with Gasteiger partial charge in [0.05, 0.1) is 10.3 Å². The smallest absolute Gasteiger partial charge is 0.269 e. The third kappa shape index (κ3) is 2.18. The fraction of sp³-hybridized carbons (Fsp3) is 0.435. The van der Waals surface area contributed by atoms with Crippen LogP contribution in [0.15, 0.2) is 36.4 Å². The van der Waals surface area contributed by atoms with E-state index in [1.165, 1.54) is 11.6 Å². The lowest BCUT2D eigenvalue weighted by Gasteiger charge is -2.45. The molecule has 5 rings (SSSR count). The van der Waals surface area contributed by atoms with Crippen molar-refractivity contribution in [3.05, 3.63) is 63.2 Å². The number of benzene rings is 2. The topological polar surface area (TPSA) is 84.7 Å². The molecule has 0 aromatic heterocycles. The molecular formula is C23H25N3O4. The van der Waals surface area contributed by atoms with Gasteiger partial charge >= 0.3 is 0 Å². The number of rotatable bonds is 3. The Morgan fingerprint density at radius 2 is 2.07 bits per heavy atom. The quantitative estimate of drug-likeness (QED) is 0.618. The monoisotopic (exact) mass is 407 g/mol. The number of aryl methyl sites for hydroxylation is 1. The molecule has 0 aliphatic carbocycles. The van der Waals surface area contributed by atoms with Gasteiger partial charge in [0.15, 0.2) is 5.72 Å². The molecule has 1 amide bonds. The fourth-order valence-electron chi connectivity index (χ4n) is 5.68. The molecular weight excluding hydrogens is 382 g/mol. The summed E-state index contributed by atoms with van der Waals surface area (Å²) in [4.78, 5) is 26.4. The molecule has 3 heterocycles. The van der Waals surface area contributed by atoms with Gasteiger partial charge in [-0.15, -0.1) is 0 Å². The van der Waals surface area contributed by atoms with Crippen LogP contribution in [0.3, 0.4) is 0 Å². The van der Waals surface area contributed by atoms with E-state index in [1.807, 2.05) is 6.92 Å². The van der Waals surface area contributed by atoms with Crippen LogP contribution in [0.25, 0.3) is 0 Å². The zero-order valence-corrected chi connectivity index (χ0v) is 17.6. The lowest BCUT2D eigenvalue weighted by atomic mass is 9.72. The SMILES string of the molecule is CCNC(=O)C1C2CC3(Oc4ccc([N+](=O)[O-])cc42)N1c1ccc(C)cc1C3(C)C. The van der Waals surface area contributed by atoms with Crippen molar-refractivity contribution in [3.63, 3.8) is 0 Å². The third-order valence-electron chi connectivity index (χ3n) is 7.11. The van der Waals surface area contributed by atoms with E-state index in [9.17, 15) is 14.9 Å². The predicted octanol–water partition coefficient (Wildman–Crippen LogP) is 3.78. The number of nitrogens with one attached hydrogen (secondary N) is 1. The van der Waals surface area contributed by atoms with Crippen molar-refractivity contribution in [1.29, 1.82) is 0 Å². The number of amides is 1. The lowest BCUT2D eigenvalue weighted by Crippen LogP contribution is -2.59. The van der Waals surface area contributed by atoms with Gasteiger partial charge < -0.3 is 15.0 Å². The number of ether oxygens (including phenoxy) is 1. The second-order valence-corrected chi connectivity index (χ2v) is 9.03. The van der Waals surface area contributed by atoms with Crippen molar-refractivity contribution in [2.24, 2.45) is 0 Å². The first kappa shape index (κ1) is 18.9. The largest absolute Gasteiger partial charge is 0.467 e. The minimum Gasteiger partial charge on any atom is -0.467 e. The second kappa shape index (κ2) is 5.97. The van der Waals surface area contributed by atoms with Crippen molar-refractivity contribution < 1.29 is 14.5 Å². The molecule has 7 nitrogen and oxygen atoms in total. The Kier molecular flexibility index (Phi) is 3.76. The van der Waals surface area contributed by atoms with Crippen molar-refractivity contribution in [2.45, 2.75) is 57.2 Å². The average molecular weight is 407 g/mol. The van der Waals surface area contributed by atoms with E-state index in [1.54, 1.807) is 12.1 Å². The van der Waals surface area contributed by atoms with Crippen molar-refractivity contribution >= 4 is 17.3 Å².